The van der Waals surface area contributed by atoms with E-state index in [0.717, 1.165) is 29.8 Å². The standard InChI is InChI=1S/C11H12BrN3/c1-15-9-4-5-13-6-8(9)7-2-3-10(12)14-11(7)15/h2-3,13H,4-6H2,1H3. The molecule has 0 atom stereocenters. The van der Waals surface area contributed by atoms with Crippen molar-refractivity contribution in [2.24, 2.45) is 7.05 Å². The van der Waals surface area contributed by atoms with Crippen molar-refractivity contribution >= 4 is 27.0 Å². The molecule has 0 unspecified atom stereocenters. The van der Waals surface area contributed by atoms with Crippen molar-refractivity contribution in [3.63, 3.8) is 0 Å². The summed E-state index contributed by atoms with van der Waals surface area (Å²) >= 11 is 3.42. The van der Waals surface area contributed by atoms with Gasteiger partial charge in [-0.2, -0.15) is 0 Å². The van der Waals surface area contributed by atoms with Crippen molar-refractivity contribution in [1.29, 1.82) is 0 Å². The minimum atomic E-state index is 0.904. The van der Waals surface area contributed by atoms with Gasteiger partial charge in [0.15, 0.2) is 0 Å². The molecule has 78 valence electrons. The minimum Gasteiger partial charge on any atom is -0.332 e. The van der Waals surface area contributed by atoms with Crippen LogP contribution in [0.3, 0.4) is 0 Å². The lowest BCUT2D eigenvalue weighted by atomic mass is 10.1. The van der Waals surface area contributed by atoms with E-state index in [2.05, 4.69) is 43.9 Å². The van der Waals surface area contributed by atoms with Crippen molar-refractivity contribution in [3.8, 4) is 0 Å². The first-order valence-corrected chi connectivity index (χ1v) is 5.90. The van der Waals surface area contributed by atoms with E-state index >= 15 is 0 Å². The van der Waals surface area contributed by atoms with Gasteiger partial charge < -0.3 is 9.88 Å². The first-order chi connectivity index (χ1) is 7.27. The summed E-state index contributed by atoms with van der Waals surface area (Å²) < 4.78 is 3.12. The zero-order chi connectivity index (χ0) is 10.4. The quantitative estimate of drug-likeness (QED) is 0.739. The van der Waals surface area contributed by atoms with Crippen LogP contribution in [-0.4, -0.2) is 16.1 Å². The largest absolute Gasteiger partial charge is 0.332 e. The highest BCUT2D eigenvalue weighted by Crippen LogP contribution is 2.27. The molecule has 0 saturated carbocycles. The van der Waals surface area contributed by atoms with Gasteiger partial charge in [0.2, 0.25) is 0 Å². The van der Waals surface area contributed by atoms with Crippen molar-refractivity contribution in [1.82, 2.24) is 14.9 Å². The summed E-state index contributed by atoms with van der Waals surface area (Å²) in [6.45, 7) is 2.04. The Labute approximate surface area is 96.6 Å². The molecule has 1 N–H and O–H groups in total. The minimum absolute atomic E-state index is 0.904. The SMILES string of the molecule is Cn1c2c(c3ccc(Br)nc31)CNCC2. The third-order valence-electron chi connectivity index (χ3n) is 3.08. The summed E-state index contributed by atoms with van der Waals surface area (Å²) in [6.07, 6.45) is 1.10. The number of nitrogens with zero attached hydrogens (tertiary/aromatic N) is 2. The van der Waals surface area contributed by atoms with Crippen molar-refractivity contribution < 1.29 is 0 Å². The first kappa shape index (κ1) is 9.36. The van der Waals surface area contributed by atoms with Crippen molar-refractivity contribution in [2.75, 3.05) is 6.54 Å². The molecule has 4 heteroatoms. The van der Waals surface area contributed by atoms with Crippen LogP contribution in [0, 0.1) is 0 Å². The smallest absolute Gasteiger partial charge is 0.141 e. The Hall–Kier alpha value is -0.870. The number of halogens is 1. The number of fused-ring (bicyclic) bond motifs is 3. The summed E-state index contributed by atoms with van der Waals surface area (Å²) in [5.41, 5.74) is 3.92. The Morgan fingerprint density at radius 2 is 2.33 bits per heavy atom. The maximum Gasteiger partial charge on any atom is 0.141 e. The Morgan fingerprint density at radius 3 is 3.20 bits per heavy atom. The number of hydrogen-bond acceptors (Lipinski definition) is 2. The molecule has 1 aliphatic heterocycles. The van der Waals surface area contributed by atoms with Crippen LogP contribution in [0.2, 0.25) is 0 Å². The van der Waals surface area contributed by atoms with Crippen LogP contribution in [0.5, 0.6) is 0 Å². The molecule has 15 heavy (non-hydrogen) atoms. The van der Waals surface area contributed by atoms with Gasteiger partial charge in [-0.15, -0.1) is 0 Å². The van der Waals surface area contributed by atoms with Crippen LogP contribution >= 0.6 is 15.9 Å². The van der Waals surface area contributed by atoms with Gasteiger partial charge in [0.05, 0.1) is 0 Å². The highest BCUT2D eigenvalue weighted by atomic mass is 79.9. The van der Waals surface area contributed by atoms with E-state index < -0.39 is 0 Å². The van der Waals surface area contributed by atoms with Gasteiger partial charge in [-0.3, -0.25) is 0 Å². The number of aryl methyl sites for hydroxylation is 1. The summed E-state index contributed by atoms with van der Waals surface area (Å²) in [6, 6.07) is 4.16. The highest BCUT2D eigenvalue weighted by molar-refractivity contribution is 9.10. The van der Waals surface area contributed by atoms with E-state index in [0.29, 0.717) is 0 Å². The number of hydrogen-bond donors (Lipinski definition) is 1. The fraction of sp³-hybridized carbons (Fsp3) is 0.364. The second-order valence-corrected chi connectivity index (χ2v) is 4.73. The van der Waals surface area contributed by atoms with E-state index in [1.165, 1.54) is 16.6 Å². The number of rotatable bonds is 0. The summed E-state index contributed by atoms with van der Waals surface area (Å²) in [4.78, 5) is 4.53. The molecule has 3 nitrogen and oxygen atoms in total. The van der Waals surface area contributed by atoms with Crippen LogP contribution in [0.15, 0.2) is 16.7 Å². The Kier molecular flexibility index (Phi) is 2.07. The summed E-state index contributed by atoms with van der Waals surface area (Å²) in [5, 5.41) is 4.69. The lowest BCUT2D eigenvalue weighted by Gasteiger charge is -2.14. The maximum atomic E-state index is 4.53. The lowest BCUT2D eigenvalue weighted by Crippen LogP contribution is -2.24. The molecule has 1 aliphatic rings. The Balaban J connectivity index is 2.38. The van der Waals surface area contributed by atoms with E-state index in [-0.39, 0.29) is 0 Å². The van der Waals surface area contributed by atoms with Gasteiger partial charge in [0, 0.05) is 37.6 Å². The molecular formula is C11H12BrN3. The van der Waals surface area contributed by atoms with Gasteiger partial charge in [-0.05, 0) is 33.6 Å². The molecule has 0 amide bonds. The topological polar surface area (TPSA) is 29.9 Å². The van der Waals surface area contributed by atoms with Gasteiger partial charge in [0.25, 0.3) is 0 Å². The third kappa shape index (κ3) is 1.32. The molecule has 0 saturated heterocycles. The average molecular weight is 266 g/mol. The number of pyridine rings is 1. The van der Waals surface area contributed by atoms with E-state index in [1.54, 1.807) is 0 Å². The average Bonchev–Trinajstić information content (AvgIpc) is 2.54. The van der Waals surface area contributed by atoms with Crippen LogP contribution in [0.4, 0.5) is 0 Å². The molecule has 2 aromatic rings. The lowest BCUT2D eigenvalue weighted by molar-refractivity contribution is 0.621. The predicted octanol–water partition coefficient (Wildman–Crippen LogP) is 1.98. The fourth-order valence-corrected chi connectivity index (χ4v) is 2.64. The molecule has 0 radical (unpaired) electrons. The van der Waals surface area contributed by atoms with Crippen LogP contribution in [0.1, 0.15) is 11.3 Å². The van der Waals surface area contributed by atoms with Gasteiger partial charge in [-0.25, -0.2) is 4.98 Å². The van der Waals surface area contributed by atoms with Crippen LogP contribution in [0.25, 0.3) is 11.0 Å². The molecule has 0 fully saturated rings. The van der Waals surface area contributed by atoms with Gasteiger partial charge >= 0.3 is 0 Å². The fourth-order valence-electron chi connectivity index (χ4n) is 2.34. The molecule has 2 aromatic heterocycles. The van der Waals surface area contributed by atoms with Crippen molar-refractivity contribution in [3.05, 3.63) is 28.0 Å². The van der Waals surface area contributed by atoms with E-state index in [9.17, 15) is 0 Å². The molecule has 0 aromatic carbocycles. The normalized spacial score (nSPS) is 15.6. The number of nitrogens with one attached hydrogen (secondary N) is 1. The molecule has 0 bridgehead atoms. The number of aromatic nitrogens is 2. The molecule has 0 spiro atoms. The second kappa shape index (κ2) is 3.32. The van der Waals surface area contributed by atoms with Crippen molar-refractivity contribution in [2.45, 2.75) is 13.0 Å². The zero-order valence-corrected chi connectivity index (χ0v) is 10.1. The second-order valence-electron chi connectivity index (χ2n) is 3.92. The Morgan fingerprint density at radius 1 is 1.47 bits per heavy atom. The summed E-state index contributed by atoms with van der Waals surface area (Å²) in [5.74, 6) is 0. The van der Waals surface area contributed by atoms with Gasteiger partial charge in [0.1, 0.15) is 10.3 Å². The van der Waals surface area contributed by atoms with E-state index in [1.807, 2.05) is 6.07 Å². The van der Waals surface area contributed by atoms with Crippen LogP contribution < -0.4 is 5.32 Å². The highest BCUT2D eigenvalue weighted by Gasteiger charge is 2.18. The maximum absolute atomic E-state index is 4.53. The van der Waals surface area contributed by atoms with E-state index in [4.69, 9.17) is 0 Å². The predicted molar refractivity (Wildman–Crippen MR) is 63.8 cm³/mol. The molecule has 3 rings (SSSR count). The Bertz CT molecular complexity index is 530. The molecule has 3 heterocycles. The van der Waals surface area contributed by atoms with Crippen LogP contribution in [-0.2, 0) is 20.0 Å². The van der Waals surface area contributed by atoms with Gasteiger partial charge in [-0.1, -0.05) is 0 Å². The zero-order valence-electron chi connectivity index (χ0n) is 8.55. The summed E-state index contributed by atoms with van der Waals surface area (Å²) in [7, 11) is 2.10. The first-order valence-electron chi connectivity index (χ1n) is 5.11. The third-order valence-corrected chi connectivity index (χ3v) is 3.52. The molecular weight excluding hydrogens is 254 g/mol. The monoisotopic (exact) mass is 265 g/mol. The molecule has 0 aliphatic carbocycles.